The van der Waals surface area contributed by atoms with Crippen LogP contribution < -0.4 is 5.32 Å². The highest BCUT2D eigenvalue weighted by atomic mass is 32.2. The molecule has 0 aliphatic heterocycles. The molecule has 1 fully saturated rings. The first kappa shape index (κ1) is 15.7. The largest absolute Gasteiger partial charge is 0.318 e. The fourth-order valence-electron chi connectivity index (χ4n) is 2.39. The molecule has 7 nitrogen and oxygen atoms in total. The summed E-state index contributed by atoms with van der Waals surface area (Å²) in [5, 5.41) is 15.6. The number of sulfone groups is 1. The molecule has 0 amide bonds. The Morgan fingerprint density at radius 3 is 2.95 bits per heavy atom. The highest BCUT2D eigenvalue weighted by Crippen LogP contribution is 2.34. The second kappa shape index (κ2) is 6.86. The molecule has 2 atom stereocenters. The minimum absolute atomic E-state index is 0.213. The van der Waals surface area contributed by atoms with Crippen LogP contribution in [0.4, 0.5) is 0 Å². The lowest BCUT2D eigenvalue weighted by atomic mass is 10.00. The van der Waals surface area contributed by atoms with E-state index in [1.165, 1.54) is 6.26 Å². The number of tetrazole rings is 1. The Morgan fingerprint density at radius 1 is 1.45 bits per heavy atom. The van der Waals surface area contributed by atoms with Crippen molar-refractivity contribution in [1.82, 2.24) is 25.5 Å². The maximum Gasteiger partial charge on any atom is 0.209 e. The normalized spacial score (nSPS) is 23.9. The number of hydrogen-bond acceptors (Lipinski definition) is 7. The van der Waals surface area contributed by atoms with Crippen molar-refractivity contribution in [3.8, 4) is 0 Å². The topological polar surface area (TPSA) is 89.8 Å². The van der Waals surface area contributed by atoms with Gasteiger partial charge in [-0.15, -0.1) is 5.10 Å². The summed E-state index contributed by atoms with van der Waals surface area (Å²) in [7, 11) is -1.06. The van der Waals surface area contributed by atoms with Gasteiger partial charge in [0.2, 0.25) is 5.16 Å². The Bertz CT molecular complexity index is 531. The Balaban J connectivity index is 1.98. The molecule has 2 unspecified atom stereocenters. The molecule has 0 spiro atoms. The average Bonchev–Trinajstić information content (AvgIpc) is 2.83. The second-order valence-electron chi connectivity index (χ2n) is 5.15. The SMILES string of the molecule is CNCCn1nnnc1SC1CCCC(S(C)(=O)=O)C1. The average molecular weight is 319 g/mol. The summed E-state index contributed by atoms with van der Waals surface area (Å²) in [6.45, 7) is 1.52. The number of nitrogens with zero attached hydrogens (tertiary/aromatic N) is 4. The van der Waals surface area contributed by atoms with Crippen molar-refractivity contribution in [2.75, 3.05) is 19.8 Å². The summed E-state index contributed by atoms with van der Waals surface area (Å²) in [5.41, 5.74) is 0. The van der Waals surface area contributed by atoms with Gasteiger partial charge in [0, 0.05) is 18.1 Å². The molecule has 1 saturated carbocycles. The third-order valence-corrected chi connectivity index (χ3v) is 6.43. The van der Waals surface area contributed by atoms with E-state index in [-0.39, 0.29) is 10.5 Å². The van der Waals surface area contributed by atoms with Crippen LogP contribution in [0, 0.1) is 0 Å². The van der Waals surface area contributed by atoms with Gasteiger partial charge in [0.05, 0.1) is 11.8 Å². The van der Waals surface area contributed by atoms with E-state index in [9.17, 15) is 8.42 Å². The van der Waals surface area contributed by atoms with E-state index in [4.69, 9.17) is 0 Å². The summed E-state index contributed by atoms with van der Waals surface area (Å²) in [6, 6.07) is 0. The zero-order chi connectivity index (χ0) is 14.6. The van der Waals surface area contributed by atoms with Crippen LogP contribution in [0.25, 0.3) is 0 Å². The van der Waals surface area contributed by atoms with E-state index in [1.54, 1.807) is 16.4 Å². The van der Waals surface area contributed by atoms with Gasteiger partial charge in [0.25, 0.3) is 0 Å². The first-order chi connectivity index (χ1) is 9.50. The van der Waals surface area contributed by atoms with Crippen molar-refractivity contribution in [2.24, 2.45) is 0 Å². The second-order valence-corrected chi connectivity index (χ2v) is 8.74. The van der Waals surface area contributed by atoms with Crippen LogP contribution in [-0.4, -0.2) is 59.0 Å². The highest BCUT2D eigenvalue weighted by molar-refractivity contribution is 7.99. The van der Waals surface area contributed by atoms with Gasteiger partial charge in [-0.3, -0.25) is 0 Å². The zero-order valence-electron chi connectivity index (χ0n) is 11.8. The van der Waals surface area contributed by atoms with Crippen molar-refractivity contribution in [1.29, 1.82) is 0 Å². The molecule has 1 aromatic heterocycles. The Morgan fingerprint density at radius 2 is 2.25 bits per heavy atom. The molecule has 0 radical (unpaired) electrons. The smallest absolute Gasteiger partial charge is 0.209 e. The van der Waals surface area contributed by atoms with E-state index in [0.717, 1.165) is 31.0 Å². The van der Waals surface area contributed by atoms with E-state index in [1.807, 2.05) is 7.05 Å². The lowest BCUT2D eigenvalue weighted by Gasteiger charge is -2.26. The summed E-state index contributed by atoms with van der Waals surface area (Å²) in [6.07, 6.45) is 4.79. The van der Waals surface area contributed by atoms with Crippen LogP contribution in [0.1, 0.15) is 25.7 Å². The summed E-state index contributed by atoms with van der Waals surface area (Å²) < 4.78 is 25.1. The number of aromatic nitrogens is 4. The van der Waals surface area contributed by atoms with E-state index in [2.05, 4.69) is 20.8 Å². The molecule has 0 bridgehead atoms. The lowest BCUT2D eigenvalue weighted by Crippen LogP contribution is -2.29. The summed E-state index contributed by atoms with van der Waals surface area (Å²) >= 11 is 1.60. The van der Waals surface area contributed by atoms with Crippen LogP contribution in [0.5, 0.6) is 0 Å². The maximum atomic E-state index is 11.7. The monoisotopic (exact) mass is 319 g/mol. The molecule has 9 heteroatoms. The molecule has 1 aliphatic carbocycles. The van der Waals surface area contributed by atoms with E-state index < -0.39 is 9.84 Å². The zero-order valence-corrected chi connectivity index (χ0v) is 13.5. The fourth-order valence-corrected chi connectivity index (χ4v) is 4.93. The Labute approximate surface area is 123 Å². The molecule has 20 heavy (non-hydrogen) atoms. The van der Waals surface area contributed by atoms with Crippen LogP contribution in [-0.2, 0) is 16.4 Å². The molecule has 114 valence electrons. The third kappa shape index (κ3) is 4.16. The van der Waals surface area contributed by atoms with Gasteiger partial charge in [-0.25, -0.2) is 13.1 Å². The number of likely N-dealkylation sites (N-methyl/N-ethyl adjacent to an activating group) is 1. The van der Waals surface area contributed by atoms with Gasteiger partial charge in [0.1, 0.15) is 9.84 Å². The van der Waals surface area contributed by atoms with Crippen molar-refractivity contribution in [3.05, 3.63) is 0 Å². The van der Waals surface area contributed by atoms with Crippen LogP contribution in [0.15, 0.2) is 5.16 Å². The first-order valence-corrected chi connectivity index (χ1v) is 9.60. The standard InChI is InChI=1S/C11H21N5O2S2/c1-12-6-7-16-11(13-14-15-16)19-9-4-3-5-10(8-9)20(2,17)18/h9-10,12H,3-8H2,1-2H3. The Hall–Kier alpha value is -0.670. The predicted molar refractivity (Wildman–Crippen MR) is 78.5 cm³/mol. The van der Waals surface area contributed by atoms with Crippen LogP contribution in [0.3, 0.4) is 0 Å². The number of rotatable bonds is 6. The number of hydrogen-bond donors (Lipinski definition) is 1. The molecule has 0 aromatic carbocycles. The number of nitrogens with one attached hydrogen (secondary N) is 1. The molecular weight excluding hydrogens is 298 g/mol. The Kier molecular flexibility index (Phi) is 5.39. The van der Waals surface area contributed by atoms with Crippen LogP contribution >= 0.6 is 11.8 Å². The van der Waals surface area contributed by atoms with Gasteiger partial charge < -0.3 is 5.32 Å². The van der Waals surface area contributed by atoms with Gasteiger partial charge in [-0.05, 0) is 36.7 Å². The van der Waals surface area contributed by atoms with E-state index >= 15 is 0 Å². The van der Waals surface area contributed by atoms with Crippen molar-refractivity contribution < 1.29 is 8.42 Å². The molecular formula is C11H21N5O2S2. The third-order valence-electron chi connectivity index (χ3n) is 3.53. The molecule has 1 aliphatic rings. The maximum absolute atomic E-state index is 11.7. The summed E-state index contributed by atoms with van der Waals surface area (Å²) in [5.74, 6) is 0. The minimum Gasteiger partial charge on any atom is -0.318 e. The summed E-state index contributed by atoms with van der Waals surface area (Å²) in [4.78, 5) is 0. The molecule has 2 rings (SSSR count). The van der Waals surface area contributed by atoms with Gasteiger partial charge in [-0.2, -0.15) is 0 Å². The predicted octanol–water partition coefficient (Wildman–Crippen LogP) is 0.340. The van der Waals surface area contributed by atoms with E-state index in [0.29, 0.717) is 13.0 Å². The highest BCUT2D eigenvalue weighted by Gasteiger charge is 2.30. The fraction of sp³-hybridized carbons (Fsp3) is 0.909. The first-order valence-electron chi connectivity index (χ1n) is 6.77. The van der Waals surface area contributed by atoms with Gasteiger partial charge in [0.15, 0.2) is 0 Å². The number of thioether (sulfide) groups is 1. The molecule has 1 aromatic rings. The minimum atomic E-state index is -2.94. The van der Waals surface area contributed by atoms with Gasteiger partial charge in [-0.1, -0.05) is 18.2 Å². The lowest BCUT2D eigenvalue weighted by molar-refractivity contribution is 0.491. The quantitative estimate of drug-likeness (QED) is 0.808. The van der Waals surface area contributed by atoms with Gasteiger partial charge >= 0.3 is 0 Å². The molecule has 1 heterocycles. The molecule has 0 saturated heterocycles. The van der Waals surface area contributed by atoms with Crippen LogP contribution in [0.2, 0.25) is 0 Å². The van der Waals surface area contributed by atoms with Crippen molar-refractivity contribution in [3.63, 3.8) is 0 Å². The van der Waals surface area contributed by atoms with Crippen molar-refractivity contribution >= 4 is 21.6 Å². The molecule has 1 N–H and O–H groups in total. The van der Waals surface area contributed by atoms with Crippen molar-refractivity contribution in [2.45, 2.75) is 47.9 Å².